The monoisotopic (exact) mass is 451 g/mol. The summed E-state index contributed by atoms with van der Waals surface area (Å²) in [7, 11) is -4.22. The van der Waals surface area contributed by atoms with Gasteiger partial charge < -0.3 is 4.90 Å². The number of nitrogens with zero attached hydrogens (tertiary/aromatic N) is 3. The van der Waals surface area contributed by atoms with Crippen LogP contribution in [0.1, 0.15) is 10.5 Å². The molecule has 0 bridgehead atoms. The molecule has 1 saturated heterocycles. The lowest BCUT2D eigenvalue weighted by Gasteiger charge is -2.33. The topological polar surface area (TPSA) is 70.6 Å². The zero-order chi connectivity index (χ0) is 21.5. The van der Waals surface area contributed by atoms with Crippen molar-refractivity contribution < 1.29 is 22.0 Å². The highest BCUT2D eigenvalue weighted by Crippen LogP contribution is 2.25. The van der Waals surface area contributed by atoms with Crippen LogP contribution >= 0.6 is 11.6 Å². The van der Waals surface area contributed by atoms with E-state index in [-0.39, 0.29) is 42.9 Å². The maximum Gasteiger partial charge on any atom is 0.272 e. The molecule has 6 nitrogen and oxygen atoms in total. The summed E-state index contributed by atoms with van der Waals surface area (Å²) in [6.07, 6.45) is 0. The molecule has 2 aromatic carbocycles. The molecule has 30 heavy (non-hydrogen) atoms. The number of piperazine rings is 1. The molecule has 4 rings (SSSR count). The van der Waals surface area contributed by atoms with E-state index in [4.69, 9.17) is 11.6 Å². The van der Waals surface area contributed by atoms with Gasteiger partial charge in [0, 0.05) is 31.6 Å². The number of hydrogen-bond donors (Lipinski definition) is 0. The summed E-state index contributed by atoms with van der Waals surface area (Å²) in [5, 5.41) is 1.70. The van der Waals surface area contributed by atoms with E-state index < -0.39 is 26.6 Å². The minimum Gasteiger partial charge on any atom is -0.335 e. The summed E-state index contributed by atoms with van der Waals surface area (Å²) < 4.78 is 53.8. The molecule has 0 saturated carbocycles. The molecule has 3 aromatic rings. The number of aromatic nitrogens is 1. The van der Waals surface area contributed by atoms with Crippen LogP contribution in [-0.4, -0.2) is 54.7 Å². The Morgan fingerprint density at radius 3 is 2.43 bits per heavy atom. The van der Waals surface area contributed by atoms with Crippen molar-refractivity contribution in [3.05, 3.63) is 71.0 Å². The Bertz CT molecular complexity index is 1250. The van der Waals surface area contributed by atoms with Gasteiger partial charge in [-0.25, -0.2) is 22.2 Å². The SMILES string of the molecule is O=C(c1cc2ccccc2c(Cl)n1)N1CCN(S(=O)(=O)c2cc(F)ccc2F)CC1. The molecule has 1 fully saturated rings. The number of amides is 1. The van der Waals surface area contributed by atoms with Crippen LogP contribution in [0.4, 0.5) is 8.78 Å². The fourth-order valence-electron chi connectivity index (χ4n) is 3.37. The molecule has 156 valence electrons. The summed E-state index contributed by atoms with van der Waals surface area (Å²) in [5.74, 6) is -2.25. The molecule has 1 amide bonds. The average Bonchev–Trinajstić information content (AvgIpc) is 2.75. The first-order chi connectivity index (χ1) is 14.3. The summed E-state index contributed by atoms with van der Waals surface area (Å²) in [4.78, 5) is 17.8. The van der Waals surface area contributed by atoms with Gasteiger partial charge in [-0.15, -0.1) is 0 Å². The Labute approximate surface area is 176 Å². The number of fused-ring (bicyclic) bond motifs is 1. The molecule has 1 aromatic heterocycles. The van der Waals surface area contributed by atoms with Crippen LogP contribution in [-0.2, 0) is 10.0 Å². The molecular weight excluding hydrogens is 436 g/mol. The first-order valence-corrected chi connectivity index (χ1v) is 10.9. The fraction of sp³-hybridized carbons (Fsp3) is 0.200. The predicted octanol–water partition coefficient (Wildman–Crippen LogP) is 3.31. The maximum atomic E-state index is 14.0. The van der Waals surface area contributed by atoms with Gasteiger partial charge in [-0.2, -0.15) is 4.31 Å². The van der Waals surface area contributed by atoms with E-state index in [9.17, 15) is 22.0 Å². The van der Waals surface area contributed by atoms with E-state index in [0.717, 1.165) is 27.2 Å². The number of rotatable bonds is 3. The van der Waals surface area contributed by atoms with Crippen LogP contribution in [0.2, 0.25) is 5.15 Å². The third kappa shape index (κ3) is 3.76. The quantitative estimate of drug-likeness (QED) is 0.573. The standard InChI is InChI=1S/C20H16ClF2N3O3S/c21-19-15-4-2-1-3-13(15)11-17(24-19)20(27)25-7-9-26(10-8-25)30(28,29)18-12-14(22)5-6-16(18)23/h1-6,11-12H,7-10H2. The van der Waals surface area contributed by atoms with Crippen molar-refractivity contribution in [1.29, 1.82) is 0 Å². The summed E-state index contributed by atoms with van der Waals surface area (Å²) in [5.41, 5.74) is 0.159. The molecule has 1 aliphatic rings. The molecule has 0 unspecified atom stereocenters. The highest BCUT2D eigenvalue weighted by atomic mass is 35.5. The van der Waals surface area contributed by atoms with Gasteiger partial charge in [-0.3, -0.25) is 4.79 Å². The van der Waals surface area contributed by atoms with Crippen molar-refractivity contribution in [3.63, 3.8) is 0 Å². The van der Waals surface area contributed by atoms with Crippen LogP contribution in [0, 0.1) is 11.6 Å². The lowest BCUT2D eigenvalue weighted by Crippen LogP contribution is -2.50. The fourth-order valence-corrected chi connectivity index (χ4v) is 5.13. The number of halogens is 3. The van der Waals surface area contributed by atoms with Crippen LogP contribution in [0.5, 0.6) is 0 Å². The number of carbonyl (C=O) groups is 1. The van der Waals surface area contributed by atoms with Gasteiger partial charge in [-0.05, 0) is 29.7 Å². The Hall–Kier alpha value is -2.62. The average molecular weight is 452 g/mol. The largest absolute Gasteiger partial charge is 0.335 e. The second-order valence-corrected chi connectivity index (χ2v) is 9.05. The first kappa shape index (κ1) is 20.6. The predicted molar refractivity (Wildman–Crippen MR) is 108 cm³/mol. The zero-order valence-electron chi connectivity index (χ0n) is 15.6. The van der Waals surface area contributed by atoms with E-state index in [1.807, 2.05) is 18.2 Å². The number of sulfonamides is 1. The molecule has 2 heterocycles. The Morgan fingerprint density at radius 1 is 1.00 bits per heavy atom. The second-order valence-electron chi connectivity index (χ2n) is 6.79. The minimum atomic E-state index is -4.22. The molecule has 0 aliphatic carbocycles. The molecule has 0 atom stereocenters. The molecule has 10 heteroatoms. The Kier molecular flexibility index (Phi) is 5.44. The van der Waals surface area contributed by atoms with E-state index in [0.29, 0.717) is 6.07 Å². The van der Waals surface area contributed by atoms with Crippen LogP contribution in [0.15, 0.2) is 53.4 Å². The zero-order valence-corrected chi connectivity index (χ0v) is 17.1. The molecule has 0 spiro atoms. The van der Waals surface area contributed by atoms with E-state index >= 15 is 0 Å². The van der Waals surface area contributed by atoms with Gasteiger partial charge >= 0.3 is 0 Å². The van der Waals surface area contributed by atoms with Gasteiger partial charge in [0.2, 0.25) is 10.0 Å². The number of pyridine rings is 1. The van der Waals surface area contributed by atoms with Crippen LogP contribution < -0.4 is 0 Å². The summed E-state index contributed by atoms with van der Waals surface area (Å²) in [6.45, 7) is 0.0684. The van der Waals surface area contributed by atoms with Crippen molar-refractivity contribution in [1.82, 2.24) is 14.2 Å². The smallest absolute Gasteiger partial charge is 0.272 e. The van der Waals surface area contributed by atoms with Crippen molar-refractivity contribution >= 4 is 38.3 Å². The van der Waals surface area contributed by atoms with Crippen molar-refractivity contribution in [3.8, 4) is 0 Å². The third-order valence-electron chi connectivity index (χ3n) is 4.95. The number of benzene rings is 2. The number of hydrogen-bond acceptors (Lipinski definition) is 4. The van der Waals surface area contributed by atoms with Crippen molar-refractivity contribution in [2.75, 3.05) is 26.2 Å². The Morgan fingerprint density at radius 2 is 1.70 bits per heavy atom. The molecule has 0 radical (unpaired) electrons. The second kappa shape index (κ2) is 7.90. The Balaban J connectivity index is 1.52. The highest BCUT2D eigenvalue weighted by Gasteiger charge is 2.33. The molecular formula is C20H16ClF2N3O3S. The van der Waals surface area contributed by atoms with Gasteiger partial charge in [-0.1, -0.05) is 35.9 Å². The van der Waals surface area contributed by atoms with Gasteiger partial charge in [0.25, 0.3) is 5.91 Å². The van der Waals surface area contributed by atoms with Crippen molar-refractivity contribution in [2.45, 2.75) is 4.90 Å². The third-order valence-corrected chi connectivity index (χ3v) is 7.15. The summed E-state index contributed by atoms with van der Waals surface area (Å²) in [6, 6.07) is 11.2. The summed E-state index contributed by atoms with van der Waals surface area (Å²) >= 11 is 6.19. The number of carbonyl (C=O) groups excluding carboxylic acids is 1. The van der Waals surface area contributed by atoms with E-state index in [2.05, 4.69) is 4.98 Å². The van der Waals surface area contributed by atoms with E-state index in [1.165, 1.54) is 4.90 Å². The van der Waals surface area contributed by atoms with Gasteiger partial charge in [0.1, 0.15) is 27.4 Å². The van der Waals surface area contributed by atoms with E-state index in [1.54, 1.807) is 12.1 Å². The lowest BCUT2D eigenvalue weighted by molar-refractivity contribution is 0.0692. The van der Waals surface area contributed by atoms with Crippen molar-refractivity contribution in [2.24, 2.45) is 0 Å². The van der Waals surface area contributed by atoms with Gasteiger partial charge in [0.15, 0.2) is 0 Å². The molecule has 1 aliphatic heterocycles. The lowest BCUT2D eigenvalue weighted by atomic mass is 10.1. The maximum absolute atomic E-state index is 14.0. The van der Waals surface area contributed by atoms with Crippen LogP contribution in [0.25, 0.3) is 10.8 Å². The highest BCUT2D eigenvalue weighted by molar-refractivity contribution is 7.89. The molecule has 0 N–H and O–H groups in total. The first-order valence-electron chi connectivity index (χ1n) is 9.07. The van der Waals surface area contributed by atoms with Crippen LogP contribution in [0.3, 0.4) is 0 Å². The minimum absolute atomic E-state index is 0.0503. The van der Waals surface area contributed by atoms with Gasteiger partial charge in [0.05, 0.1) is 0 Å². The normalized spacial score (nSPS) is 15.5.